The molecule has 0 N–H and O–H groups in total. The van der Waals surface area contributed by atoms with Crippen LogP contribution in [-0.4, -0.2) is 9.97 Å². The fraction of sp³-hybridized carbons (Fsp3) is 0. The van der Waals surface area contributed by atoms with Crippen LogP contribution in [0.5, 0.6) is 0 Å². The molecule has 3 rings (SSSR count). The van der Waals surface area contributed by atoms with Crippen LogP contribution >= 0.6 is 69.6 Å². The number of halogens is 6. The third-order valence-corrected chi connectivity index (χ3v) is 4.82. The Labute approximate surface area is 168 Å². The van der Waals surface area contributed by atoms with E-state index in [4.69, 9.17) is 69.6 Å². The predicted octanol–water partition coefficient (Wildman–Crippen LogP) is 7.73. The van der Waals surface area contributed by atoms with Gasteiger partial charge in [-0.3, -0.25) is 0 Å². The summed E-state index contributed by atoms with van der Waals surface area (Å²) in [5.41, 5.74) is 2.14. The Bertz CT molecular complexity index is 823. The first-order valence-corrected chi connectivity index (χ1v) is 8.75. The van der Waals surface area contributed by atoms with Crippen LogP contribution < -0.4 is 0 Å². The third kappa shape index (κ3) is 3.60. The molecule has 1 heterocycles. The summed E-state index contributed by atoms with van der Waals surface area (Å²) in [6, 6.07) is 8.06. The average molecular weight is 439 g/mol. The van der Waals surface area contributed by atoms with Crippen molar-refractivity contribution in [2.24, 2.45) is 0 Å². The van der Waals surface area contributed by atoms with Crippen molar-refractivity contribution >= 4 is 69.6 Å². The van der Waals surface area contributed by atoms with Crippen LogP contribution in [0.3, 0.4) is 0 Å². The lowest BCUT2D eigenvalue weighted by Crippen LogP contribution is -1.92. The largest absolute Gasteiger partial charge is 0.236 e. The summed E-state index contributed by atoms with van der Waals surface area (Å²) in [7, 11) is 0. The van der Waals surface area contributed by atoms with Gasteiger partial charge in [0, 0.05) is 21.2 Å². The Hall–Kier alpha value is -0.740. The van der Waals surface area contributed by atoms with E-state index in [1.807, 2.05) is 0 Å². The second kappa shape index (κ2) is 7.25. The maximum Gasteiger partial charge on any atom is 0.116 e. The quantitative estimate of drug-likeness (QED) is 0.409. The van der Waals surface area contributed by atoms with Crippen LogP contribution in [0.25, 0.3) is 22.5 Å². The summed E-state index contributed by atoms with van der Waals surface area (Å²) in [5.74, 6) is 0. The van der Waals surface area contributed by atoms with Crippen molar-refractivity contribution in [2.45, 2.75) is 0 Å². The lowest BCUT2D eigenvalue weighted by molar-refractivity contribution is 1.18. The Kier molecular flexibility index (Phi) is 5.45. The molecule has 2 nitrogen and oxygen atoms in total. The average Bonchev–Trinajstić information content (AvgIpc) is 2.45. The number of aromatic nitrogens is 2. The fourth-order valence-electron chi connectivity index (χ4n) is 2.20. The second-order valence-electron chi connectivity index (χ2n) is 4.78. The Balaban J connectivity index is 2.19. The van der Waals surface area contributed by atoms with E-state index in [1.165, 1.54) is 6.33 Å². The Morgan fingerprint density at radius 2 is 0.833 bits per heavy atom. The zero-order valence-corrected chi connectivity index (χ0v) is 16.2. The monoisotopic (exact) mass is 436 g/mol. The molecule has 0 saturated heterocycles. The Morgan fingerprint density at radius 3 is 1.17 bits per heavy atom. The van der Waals surface area contributed by atoms with E-state index in [2.05, 4.69) is 9.97 Å². The minimum atomic E-state index is 0.380. The summed E-state index contributed by atoms with van der Waals surface area (Å²) in [6.45, 7) is 0. The molecule has 0 amide bonds. The number of hydrogen-bond acceptors (Lipinski definition) is 2. The maximum absolute atomic E-state index is 6.25. The van der Waals surface area contributed by atoms with E-state index in [1.54, 1.807) is 30.3 Å². The van der Waals surface area contributed by atoms with Gasteiger partial charge in [-0.15, -0.1) is 0 Å². The summed E-state index contributed by atoms with van der Waals surface area (Å²) >= 11 is 36.9. The summed E-state index contributed by atoms with van der Waals surface area (Å²) in [6.07, 6.45) is 1.38. The third-order valence-electron chi connectivity index (χ3n) is 3.19. The maximum atomic E-state index is 6.25. The van der Waals surface area contributed by atoms with E-state index in [9.17, 15) is 0 Å². The first-order chi connectivity index (χ1) is 11.4. The molecule has 1 aromatic heterocycles. The lowest BCUT2D eigenvalue weighted by Gasteiger charge is -2.10. The van der Waals surface area contributed by atoms with Crippen LogP contribution in [0.1, 0.15) is 0 Å². The van der Waals surface area contributed by atoms with Gasteiger partial charge >= 0.3 is 0 Å². The molecule has 122 valence electrons. The first-order valence-electron chi connectivity index (χ1n) is 6.48. The molecule has 0 fully saturated rings. The van der Waals surface area contributed by atoms with Gasteiger partial charge in [-0.25, -0.2) is 9.97 Å². The number of rotatable bonds is 2. The standard InChI is InChI=1S/C16H6Cl6N2/c17-7-1-9(19)15(10(20)2-7)13-5-14(24-6-23-13)16-11(21)3-8(18)4-12(16)22/h1-6H. The van der Waals surface area contributed by atoms with Crippen LogP contribution in [0.15, 0.2) is 36.7 Å². The lowest BCUT2D eigenvalue weighted by atomic mass is 10.1. The van der Waals surface area contributed by atoms with Crippen LogP contribution in [-0.2, 0) is 0 Å². The molecule has 8 heteroatoms. The van der Waals surface area contributed by atoms with Crippen molar-refractivity contribution in [1.29, 1.82) is 0 Å². The summed E-state index contributed by atoms with van der Waals surface area (Å²) in [4.78, 5) is 8.46. The van der Waals surface area contributed by atoms with E-state index >= 15 is 0 Å². The predicted molar refractivity (Wildman–Crippen MR) is 103 cm³/mol. The van der Waals surface area contributed by atoms with E-state index in [0.717, 1.165) is 0 Å². The molecule has 0 atom stereocenters. The number of nitrogens with zero attached hydrogens (tertiary/aromatic N) is 2. The van der Waals surface area contributed by atoms with Gasteiger partial charge in [-0.05, 0) is 30.3 Å². The van der Waals surface area contributed by atoms with Gasteiger partial charge in [0.05, 0.1) is 31.5 Å². The minimum Gasteiger partial charge on any atom is -0.236 e. The van der Waals surface area contributed by atoms with Crippen molar-refractivity contribution in [3.05, 3.63) is 66.8 Å². The smallest absolute Gasteiger partial charge is 0.116 e. The molecule has 0 aliphatic heterocycles. The van der Waals surface area contributed by atoms with Gasteiger partial charge in [0.2, 0.25) is 0 Å². The highest BCUT2D eigenvalue weighted by Gasteiger charge is 2.16. The number of hydrogen-bond donors (Lipinski definition) is 0. The van der Waals surface area contributed by atoms with E-state index in [-0.39, 0.29) is 0 Å². The summed E-state index contributed by atoms with van der Waals surface area (Å²) < 4.78 is 0. The van der Waals surface area contributed by atoms with Gasteiger partial charge in [0.15, 0.2) is 0 Å². The van der Waals surface area contributed by atoms with Gasteiger partial charge in [0.1, 0.15) is 6.33 Å². The van der Waals surface area contributed by atoms with Crippen molar-refractivity contribution in [3.63, 3.8) is 0 Å². The molecule has 24 heavy (non-hydrogen) atoms. The topological polar surface area (TPSA) is 25.8 Å². The Morgan fingerprint density at radius 1 is 0.500 bits per heavy atom. The molecule has 0 aliphatic carbocycles. The van der Waals surface area contributed by atoms with Crippen LogP contribution in [0.4, 0.5) is 0 Å². The zero-order chi connectivity index (χ0) is 17.4. The molecular formula is C16H6Cl6N2. The van der Waals surface area contributed by atoms with E-state index in [0.29, 0.717) is 52.7 Å². The second-order valence-corrected chi connectivity index (χ2v) is 7.28. The van der Waals surface area contributed by atoms with Crippen molar-refractivity contribution in [3.8, 4) is 22.5 Å². The molecule has 0 radical (unpaired) electrons. The zero-order valence-electron chi connectivity index (χ0n) is 11.6. The SMILES string of the molecule is Clc1cc(Cl)c(-c2cc(-c3c(Cl)cc(Cl)cc3Cl)ncn2)c(Cl)c1. The van der Waals surface area contributed by atoms with Gasteiger partial charge in [-0.1, -0.05) is 69.6 Å². The van der Waals surface area contributed by atoms with Gasteiger partial charge < -0.3 is 0 Å². The molecule has 0 aliphatic rings. The molecule has 2 aromatic carbocycles. The van der Waals surface area contributed by atoms with Crippen LogP contribution in [0.2, 0.25) is 30.1 Å². The van der Waals surface area contributed by atoms with Gasteiger partial charge in [-0.2, -0.15) is 0 Å². The highest BCUT2D eigenvalue weighted by Crippen LogP contribution is 2.40. The number of benzene rings is 2. The van der Waals surface area contributed by atoms with Gasteiger partial charge in [0.25, 0.3) is 0 Å². The normalized spacial score (nSPS) is 10.9. The van der Waals surface area contributed by atoms with Crippen molar-refractivity contribution in [1.82, 2.24) is 9.97 Å². The van der Waals surface area contributed by atoms with Crippen molar-refractivity contribution in [2.75, 3.05) is 0 Å². The fourth-order valence-corrected chi connectivity index (χ4v) is 4.23. The molecular weight excluding hydrogens is 433 g/mol. The van der Waals surface area contributed by atoms with E-state index < -0.39 is 0 Å². The summed E-state index contributed by atoms with van der Waals surface area (Å²) in [5, 5.41) is 2.39. The molecule has 0 spiro atoms. The molecule has 3 aromatic rings. The minimum absolute atomic E-state index is 0.380. The highest BCUT2D eigenvalue weighted by atomic mass is 35.5. The molecule has 0 unspecified atom stereocenters. The molecule has 0 bridgehead atoms. The highest BCUT2D eigenvalue weighted by molar-refractivity contribution is 6.42. The van der Waals surface area contributed by atoms with Crippen LogP contribution in [0, 0.1) is 0 Å². The first kappa shape index (κ1) is 18.1. The molecule has 0 saturated carbocycles. The van der Waals surface area contributed by atoms with Crippen molar-refractivity contribution < 1.29 is 0 Å².